The Morgan fingerprint density at radius 3 is 2.48 bits per heavy atom. The van der Waals surface area contributed by atoms with Gasteiger partial charge in [-0.2, -0.15) is 0 Å². The number of halogens is 1. The molecule has 5 nitrogen and oxygen atoms in total. The predicted molar refractivity (Wildman–Crippen MR) is 101 cm³/mol. The highest BCUT2D eigenvalue weighted by molar-refractivity contribution is 5.79. The molecule has 140 valence electrons. The molecule has 0 spiro atoms. The van der Waals surface area contributed by atoms with Crippen LogP contribution in [-0.4, -0.2) is 32.9 Å². The number of hydrogen-bond donors (Lipinski definition) is 1. The van der Waals surface area contributed by atoms with Gasteiger partial charge in [0.25, 0.3) is 0 Å². The van der Waals surface area contributed by atoms with Gasteiger partial charge >= 0.3 is 0 Å². The van der Waals surface area contributed by atoms with Crippen molar-refractivity contribution >= 4 is 0 Å². The normalized spacial score (nSPS) is 19.8. The van der Waals surface area contributed by atoms with Crippen molar-refractivity contribution in [3.8, 4) is 28.4 Å². The van der Waals surface area contributed by atoms with Gasteiger partial charge in [0.15, 0.2) is 0 Å². The van der Waals surface area contributed by atoms with Gasteiger partial charge in [-0.1, -0.05) is 0 Å². The maximum absolute atomic E-state index is 13.4. The minimum Gasteiger partial charge on any atom is -0.481 e. The first-order chi connectivity index (χ1) is 13.2. The summed E-state index contributed by atoms with van der Waals surface area (Å²) in [5, 5.41) is 9.85. The number of aliphatic hydroxyl groups is 1. The van der Waals surface area contributed by atoms with Crippen LogP contribution in [0.5, 0.6) is 5.88 Å². The van der Waals surface area contributed by atoms with Crippen molar-refractivity contribution < 1.29 is 14.2 Å². The largest absolute Gasteiger partial charge is 0.481 e. The smallest absolute Gasteiger partial charge is 0.213 e. The molecule has 0 amide bonds. The number of hydrogen-bond acceptors (Lipinski definition) is 4. The molecule has 1 fully saturated rings. The lowest BCUT2D eigenvalue weighted by Crippen LogP contribution is -2.21. The summed E-state index contributed by atoms with van der Waals surface area (Å²) < 4.78 is 20.9. The van der Waals surface area contributed by atoms with Crippen LogP contribution >= 0.6 is 0 Å². The number of benzene rings is 1. The first kappa shape index (κ1) is 17.7. The second-order valence-corrected chi connectivity index (χ2v) is 6.91. The quantitative estimate of drug-likeness (QED) is 0.749. The van der Waals surface area contributed by atoms with Crippen LogP contribution in [0.15, 0.2) is 48.9 Å². The predicted octanol–water partition coefficient (Wildman–Crippen LogP) is 4.24. The highest BCUT2D eigenvalue weighted by atomic mass is 19.1. The van der Waals surface area contributed by atoms with Gasteiger partial charge in [0, 0.05) is 29.4 Å². The highest BCUT2D eigenvalue weighted by Crippen LogP contribution is 2.38. The van der Waals surface area contributed by atoms with Crippen LogP contribution in [0.2, 0.25) is 0 Å². The summed E-state index contributed by atoms with van der Waals surface area (Å²) in [5.74, 6) is 0.260. The number of ether oxygens (including phenoxy) is 1. The zero-order valence-electron chi connectivity index (χ0n) is 15.2. The summed E-state index contributed by atoms with van der Waals surface area (Å²) in [4.78, 5) is 8.86. The molecule has 4 rings (SSSR count). The molecule has 0 atom stereocenters. The van der Waals surface area contributed by atoms with Crippen LogP contribution < -0.4 is 4.74 Å². The molecule has 1 aromatic carbocycles. The fourth-order valence-corrected chi connectivity index (χ4v) is 3.75. The van der Waals surface area contributed by atoms with Gasteiger partial charge in [-0.25, -0.2) is 14.4 Å². The maximum atomic E-state index is 13.4. The van der Waals surface area contributed by atoms with E-state index in [2.05, 4.69) is 14.5 Å². The van der Waals surface area contributed by atoms with E-state index in [1.54, 1.807) is 25.4 Å². The molecular formula is C21H22FN3O2. The number of methoxy groups -OCH3 is 1. The molecule has 27 heavy (non-hydrogen) atoms. The van der Waals surface area contributed by atoms with Crippen molar-refractivity contribution in [1.82, 2.24) is 14.5 Å². The SMILES string of the molecule is COc1cc(-c2c(-c3ccc(F)cc3)ncn2C2CCC(O)CC2)ccn1. The van der Waals surface area contributed by atoms with Gasteiger partial charge in [-0.3, -0.25) is 0 Å². The monoisotopic (exact) mass is 367 g/mol. The third-order valence-electron chi connectivity index (χ3n) is 5.19. The minimum absolute atomic E-state index is 0.217. The fraction of sp³-hybridized carbons (Fsp3) is 0.333. The Bertz CT molecular complexity index is 915. The van der Waals surface area contributed by atoms with Crippen molar-refractivity contribution in [2.75, 3.05) is 7.11 Å². The number of imidazole rings is 1. The zero-order valence-corrected chi connectivity index (χ0v) is 15.2. The van der Waals surface area contributed by atoms with Crippen molar-refractivity contribution in [1.29, 1.82) is 0 Å². The lowest BCUT2D eigenvalue weighted by molar-refractivity contribution is 0.111. The maximum Gasteiger partial charge on any atom is 0.213 e. The first-order valence-electron chi connectivity index (χ1n) is 9.17. The first-order valence-corrected chi connectivity index (χ1v) is 9.17. The Hall–Kier alpha value is -2.73. The Morgan fingerprint density at radius 2 is 1.78 bits per heavy atom. The van der Waals surface area contributed by atoms with Crippen LogP contribution in [0.25, 0.3) is 22.5 Å². The standard InChI is InChI=1S/C21H22FN3O2/c1-27-19-12-15(10-11-23-19)21-20(14-2-4-16(22)5-3-14)24-13-25(21)17-6-8-18(26)9-7-17/h2-5,10-13,17-18,26H,6-9H2,1H3. The number of rotatable bonds is 4. The number of aliphatic hydroxyl groups excluding tert-OH is 1. The molecule has 0 saturated heterocycles. The van der Waals surface area contributed by atoms with E-state index in [4.69, 9.17) is 4.74 Å². The van der Waals surface area contributed by atoms with E-state index < -0.39 is 0 Å². The van der Waals surface area contributed by atoms with Crippen molar-refractivity contribution in [3.05, 3.63) is 54.7 Å². The zero-order chi connectivity index (χ0) is 18.8. The number of aromatic nitrogens is 3. The van der Waals surface area contributed by atoms with Crippen LogP contribution in [0, 0.1) is 5.82 Å². The van der Waals surface area contributed by atoms with E-state index in [1.165, 1.54) is 12.1 Å². The van der Waals surface area contributed by atoms with Crippen LogP contribution in [0.3, 0.4) is 0 Å². The van der Waals surface area contributed by atoms with Gasteiger partial charge in [0.1, 0.15) is 5.82 Å². The average molecular weight is 367 g/mol. The van der Waals surface area contributed by atoms with Gasteiger partial charge in [-0.15, -0.1) is 0 Å². The summed E-state index contributed by atoms with van der Waals surface area (Å²) in [6.45, 7) is 0. The van der Waals surface area contributed by atoms with Gasteiger partial charge in [0.05, 0.1) is 30.9 Å². The Morgan fingerprint density at radius 1 is 1.04 bits per heavy atom. The summed E-state index contributed by atoms with van der Waals surface area (Å²) in [6.07, 6.45) is 6.71. The van der Waals surface area contributed by atoms with Crippen LogP contribution in [0.4, 0.5) is 4.39 Å². The third kappa shape index (κ3) is 3.57. The van der Waals surface area contributed by atoms with E-state index in [9.17, 15) is 9.50 Å². The van der Waals surface area contributed by atoms with Gasteiger partial charge in [-0.05, 0) is 56.0 Å². The lowest BCUT2D eigenvalue weighted by atomic mass is 9.92. The topological polar surface area (TPSA) is 60.2 Å². The molecule has 1 N–H and O–H groups in total. The van der Waals surface area contributed by atoms with E-state index in [1.807, 2.05) is 18.5 Å². The molecule has 1 aliphatic rings. The molecule has 2 heterocycles. The second-order valence-electron chi connectivity index (χ2n) is 6.91. The second kappa shape index (κ2) is 7.48. The van der Waals surface area contributed by atoms with Gasteiger partial charge < -0.3 is 14.4 Å². The summed E-state index contributed by atoms with van der Waals surface area (Å²) in [5.41, 5.74) is 3.57. The van der Waals surface area contributed by atoms with E-state index in [0.717, 1.165) is 48.2 Å². The molecule has 0 aliphatic heterocycles. The van der Waals surface area contributed by atoms with E-state index in [0.29, 0.717) is 5.88 Å². The van der Waals surface area contributed by atoms with Crippen LogP contribution in [0.1, 0.15) is 31.7 Å². The molecular weight excluding hydrogens is 345 g/mol. The molecule has 1 saturated carbocycles. The summed E-state index contributed by atoms with van der Waals surface area (Å²) in [7, 11) is 1.59. The molecule has 0 unspecified atom stereocenters. The molecule has 2 aromatic heterocycles. The van der Waals surface area contributed by atoms with E-state index in [-0.39, 0.29) is 18.0 Å². The molecule has 3 aromatic rings. The average Bonchev–Trinajstić information content (AvgIpc) is 3.14. The number of nitrogens with zero attached hydrogens (tertiary/aromatic N) is 3. The third-order valence-corrected chi connectivity index (χ3v) is 5.19. The molecule has 6 heteroatoms. The summed E-state index contributed by atoms with van der Waals surface area (Å²) in [6, 6.07) is 10.5. The van der Waals surface area contributed by atoms with E-state index >= 15 is 0 Å². The van der Waals surface area contributed by atoms with Crippen molar-refractivity contribution in [2.24, 2.45) is 0 Å². The highest BCUT2D eigenvalue weighted by Gasteiger charge is 2.25. The van der Waals surface area contributed by atoms with Gasteiger partial charge in [0.2, 0.25) is 5.88 Å². The number of pyridine rings is 1. The Balaban J connectivity index is 1.83. The molecule has 1 aliphatic carbocycles. The van der Waals surface area contributed by atoms with Crippen molar-refractivity contribution in [3.63, 3.8) is 0 Å². The lowest BCUT2D eigenvalue weighted by Gasteiger charge is -2.28. The van der Waals surface area contributed by atoms with Crippen LogP contribution in [-0.2, 0) is 0 Å². The van der Waals surface area contributed by atoms with Crippen molar-refractivity contribution in [2.45, 2.75) is 37.8 Å². The minimum atomic E-state index is -0.272. The molecule has 0 radical (unpaired) electrons. The Kier molecular flexibility index (Phi) is 4.90. The molecule has 0 bridgehead atoms. The summed E-state index contributed by atoms with van der Waals surface area (Å²) >= 11 is 0. The fourth-order valence-electron chi connectivity index (χ4n) is 3.75. The Labute approximate surface area is 157 Å².